The van der Waals surface area contributed by atoms with E-state index in [9.17, 15) is 4.79 Å². The van der Waals surface area contributed by atoms with Gasteiger partial charge in [-0.2, -0.15) is 5.10 Å². The van der Waals surface area contributed by atoms with Gasteiger partial charge in [0, 0.05) is 44.0 Å². The standard InChI is InChI=1S/C26H30N4O2/c1-32-23-13-11-20(12-14-23)25-24(19-30(27-25)22-9-3-2-4-10-22)26(31)29-17-15-28(16-18-29)21-7-5-6-8-21/h2-4,9-14,19,21H,5-8,15-18H2,1H3. The molecule has 1 aliphatic carbocycles. The van der Waals surface area contributed by atoms with Gasteiger partial charge in [0.2, 0.25) is 0 Å². The molecule has 1 saturated heterocycles. The third kappa shape index (κ3) is 4.15. The van der Waals surface area contributed by atoms with Gasteiger partial charge < -0.3 is 9.64 Å². The molecule has 5 rings (SSSR count). The molecule has 1 saturated carbocycles. The van der Waals surface area contributed by atoms with Crippen LogP contribution < -0.4 is 4.74 Å². The van der Waals surface area contributed by atoms with E-state index < -0.39 is 0 Å². The normalized spacial score (nSPS) is 17.6. The van der Waals surface area contributed by atoms with E-state index in [1.807, 2.05) is 70.4 Å². The Morgan fingerprint density at radius 3 is 2.28 bits per heavy atom. The number of hydrogen-bond acceptors (Lipinski definition) is 4. The Morgan fingerprint density at radius 1 is 0.938 bits per heavy atom. The molecule has 0 radical (unpaired) electrons. The Hall–Kier alpha value is -3.12. The quantitative estimate of drug-likeness (QED) is 0.607. The van der Waals surface area contributed by atoms with E-state index in [4.69, 9.17) is 9.84 Å². The molecule has 1 aromatic heterocycles. The molecule has 1 amide bonds. The van der Waals surface area contributed by atoms with Crippen molar-refractivity contribution in [3.63, 3.8) is 0 Å². The molecule has 0 bridgehead atoms. The Bertz CT molecular complexity index is 1050. The van der Waals surface area contributed by atoms with Gasteiger partial charge in [-0.25, -0.2) is 4.68 Å². The van der Waals surface area contributed by atoms with Crippen molar-refractivity contribution >= 4 is 5.91 Å². The number of nitrogens with zero attached hydrogens (tertiary/aromatic N) is 4. The minimum Gasteiger partial charge on any atom is -0.497 e. The number of methoxy groups -OCH3 is 1. The van der Waals surface area contributed by atoms with E-state index in [1.165, 1.54) is 25.7 Å². The molecule has 2 heterocycles. The van der Waals surface area contributed by atoms with E-state index in [2.05, 4.69) is 4.90 Å². The lowest BCUT2D eigenvalue weighted by Crippen LogP contribution is -2.51. The van der Waals surface area contributed by atoms with Crippen LogP contribution in [0.2, 0.25) is 0 Å². The molecule has 0 unspecified atom stereocenters. The fourth-order valence-electron chi connectivity index (χ4n) is 4.94. The van der Waals surface area contributed by atoms with Gasteiger partial charge in [-0.3, -0.25) is 9.69 Å². The number of hydrogen-bond donors (Lipinski definition) is 0. The van der Waals surface area contributed by atoms with E-state index in [0.717, 1.165) is 43.2 Å². The van der Waals surface area contributed by atoms with E-state index in [1.54, 1.807) is 7.11 Å². The number of para-hydroxylation sites is 1. The summed E-state index contributed by atoms with van der Waals surface area (Å²) in [5, 5.41) is 4.82. The summed E-state index contributed by atoms with van der Waals surface area (Å²) in [6.07, 6.45) is 7.17. The van der Waals surface area contributed by atoms with Crippen molar-refractivity contribution in [3.8, 4) is 22.7 Å². The zero-order valence-electron chi connectivity index (χ0n) is 18.6. The molecule has 2 aliphatic rings. The Kier molecular flexibility index (Phi) is 5.95. The number of aromatic nitrogens is 2. The van der Waals surface area contributed by atoms with Gasteiger partial charge in [0.15, 0.2) is 0 Å². The maximum absolute atomic E-state index is 13.6. The molecule has 2 aromatic carbocycles. The highest BCUT2D eigenvalue weighted by molar-refractivity contribution is 6.00. The molecule has 32 heavy (non-hydrogen) atoms. The van der Waals surface area contributed by atoms with Crippen molar-refractivity contribution in [1.82, 2.24) is 19.6 Å². The fraction of sp³-hybridized carbons (Fsp3) is 0.385. The first-order valence-electron chi connectivity index (χ1n) is 11.6. The average Bonchev–Trinajstić information content (AvgIpc) is 3.55. The lowest BCUT2D eigenvalue weighted by atomic mass is 10.1. The van der Waals surface area contributed by atoms with Crippen molar-refractivity contribution in [3.05, 3.63) is 66.4 Å². The molecule has 0 N–H and O–H groups in total. The highest BCUT2D eigenvalue weighted by Gasteiger charge is 2.30. The van der Waals surface area contributed by atoms with Gasteiger partial charge in [0.25, 0.3) is 5.91 Å². The Labute approximate surface area is 189 Å². The maximum Gasteiger partial charge on any atom is 0.257 e. The van der Waals surface area contributed by atoms with Crippen LogP contribution in [0.4, 0.5) is 0 Å². The highest BCUT2D eigenvalue weighted by Crippen LogP contribution is 2.28. The summed E-state index contributed by atoms with van der Waals surface area (Å²) in [6.45, 7) is 3.46. The van der Waals surface area contributed by atoms with E-state index in [-0.39, 0.29) is 5.91 Å². The van der Waals surface area contributed by atoms with Crippen LogP contribution in [0.1, 0.15) is 36.0 Å². The zero-order valence-corrected chi connectivity index (χ0v) is 18.6. The van der Waals surface area contributed by atoms with Crippen molar-refractivity contribution in [2.45, 2.75) is 31.7 Å². The van der Waals surface area contributed by atoms with Crippen molar-refractivity contribution < 1.29 is 9.53 Å². The van der Waals surface area contributed by atoms with Crippen LogP contribution in [0.25, 0.3) is 16.9 Å². The van der Waals surface area contributed by atoms with Gasteiger partial charge in [0.05, 0.1) is 18.4 Å². The molecule has 0 spiro atoms. The summed E-state index contributed by atoms with van der Waals surface area (Å²) in [7, 11) is 1.65. The first-order chi connectivity index (χ1) is 15.7. The summed E-state index contributed by atoms with van der Waals surface area (Å²) in [5.41, 5.74) is 3.20. The third-order valence-corrected chi connectivity index (χ3v) is 6.77. The van der Waals surface area contributed by atoms with Crippen LogP contribution in [0.5, 0.6) is 5.75 Å². The van der Waals surface area contributed by atoms with Crippen molar-refractivity contribution in [1.29, 1.82) is 0 Å². The van der Waals surface area contributed by atoms with Crippen LogP contribution in [-0.2, 0) is 0 Å². The maximum atomic E-state index is 13.6. The van der Waals surface area contributed by atoms with Gasteiger partial charge in [-0.05, 0) is 49.2 Å². The van der Waals surface area contributed by atoms with Crippen molar-refractivity contribution in [2.24, 2.45) is 0 Å². The minimum atomic E-state index is 0.0593. The summed E-state index contributed by atoms with van der Waals surface area (Å²) in [6, 6.07) is 18.4. The topological polar surface area (TPSA) is 50.6 Å². The van der Waals surface area contributed by atoms with Crippen LogP contribution >= 0.6 is 0 Å². The summed E-state index contributed by atoms with van der Waals surface area (Å²) in [5.74, 6) is 0.844. The number of amides is 1. The number of ether oxygens (including phenoxy) is 1. The molecular formula is C26H30N4O2. The number of carbonyl (C=O) groups excluding carboxylic acids is 1. The first kappa shape index (κ1) is 20.8. The Balaban J connectivity index is 1.42. The summed E-state index contributed by atoms with van der Waals surface area (Å²) < 4.78 is 7.11. The number of benzene rings is 2. The first-order valence-corrected chi connectivity index (χ1v) is 11.6. The predicted octanol–water partition coefficient (Wildman–Crippen LogP) is 4.25. The van der Waals surface area contributed by atoms with Crippen molar-refractivity contribution in [2.75, 3.05) is 33.3 Å². The molecule has 0 atom stereocenters. The van der Waals surface area contributed by atoms with Crippen LogP contribution in [0.15, 0.2) is 60.8 Å². The molecular weight excluding hydrogens is 400 g/mol. The number of rotatable bonds is 5. The smallest absolute Gasteiger partial charge is 0.257 e. The zero-order chi connectivity index (χ0) is 21.9. The second kappa shape index (κ2) is 9.17. The minimum absolute atomic E-state index is 0.0593. The lowest BCUT2D eigenvalue weighted by Gasteiger charge is -2.38. The Morgan fingerprint density at radius 2 is 1.62 bits per heavy atom. The predicted molar refractivity (Wildman–Crippen MR) is 125 cm³/mol. The molecule has 2 fully saturated rings. The second-order valence-electron chi connectivity index (χ2n) is 8.67. The summed E-state index contributed by atoms with van der Waals surface area (Å²) in [4.78, 5) is 18.2. The van der Waals surface area contributed by atoms with Gasteiger partial charge in [-0.1, -0.05) is 31.0 Å². The highest BCUT2D eigenvalue weighted by atomic mass is 16.5. The van der Waals surface area contributed by atoms with Gasteiger partial charge in [0.1, 0.15) is 11.4 Å². The largest absolute Gasteiger partial charge is 0.497 e. The average molecular weight is 431 g/mol. The van der Waals surface area contributed by atoms with Crippen LogP contribution in [-0.4, -0.2) is 64.8 Å². The second-order valence-corrected chi connectivity index (χ2v) is 8.67. The van der Waals surface area contributed by atoms with Crippen LogP contribution in [0, 0.1) is 0 Å². The van der Waals surface area contributed by atoms with Gasteiger partial charge >= 0.3 is 0 Å². The molecule has 166 valence electrons. The van der Waals surface area contributed by atoms with Gasteiger partial charge in [-0.15, -0.1) is 0 Å². The fourth-order valence-corrected chi connectivity index (χ4v) is 4.94. The lowest BCUT2D eigenvalue weighted by molar-refractivity contribution is 0.0574. The third-order valence-electron chi connectivity index (χ3n) is 6.77. The number of piperazine rings is 1. The summed E-state index contributed by atoms with van der Waals surface area (Å²) >= 11 is 0. The van der Waals surface area contributed by atoms with Crippen LogP contribution in [0.3, 0.4) is 0 Å². The number of carbonyl (C=O) groups is 1. The molecule has 1 aliphatic heterocycles. The van der Waals surface area contributed by atoms with E-state index >= 15 is 0 Å². The molecule has 6 nitrogen and oxygen atoms in total. The molecule has 3 aromatic rings. The van der Waals surface area contributed by atoms with E-state index in [0.29, 0.717) is 17.3 Å². The SMILES string of the molecule is COc1ccc(-c2nn(-c3ccccc3)cc2C(=O)N2CCN(C3CCCC3)CC2)cc1. The monoisotopic (exact) mass is 430 g/mol. The molecule has 6 heteroatoms.